The molecule has 86 valence electrons. The third kappa shape index (κ3) is 6.42. The summed E-state index contributed by atoms with van der Waals surface area (Å²) in [6.45, 7) is 13.8. The minimum absolute atomic E-state index is 0.655. The molecule has 0 aromatic heterocycles. The van der Waals surface area contributed by atoms with Gasteiger partial charge < -0.3 is 5.32 Å². The topological polar surface area (TPSA) is 12.0 Å². The summed E-state index contributed by atoms with van der Waals surface area (Å²) in [5, 5.41) is 3.69. The minimum atomic E-state index is 0.655. The van der Waals surface area contributed by atoms with Crippen LogP contribution in [-0.4, -0.2) is 12.1 Å². The van der Waals surface area contributed by atoms with Crippen molar-refractivity contribution in [3.05, 3.63) is 0 Å². The molecule has 0 aliphatic carbocycles. The van der Waals surface area contributed by atoms with Crippen molar-refractivity contribution >= 4 is 0 Å². The third-order valence-electron chi connectivity index (χ3n) is 3.22. The maximum atomic E-state index is 3.69. The first-order valence-electron chi connectivity index (χ1n) is 6.23. The minimum Gasteiger partial charge on any atom is -0.312 e. The van der Waals surface area contributed by atoms with Gasteiger partial charge in [-0.25, -0.2) is 0 Å². The molecule has 0 aromatic rings. The molecule has 1 nitrogen and oxygen atoms in total. The number of rotatable bonds is 7. The second kappa shape index (κ2) is 7.28. The van der Waals surface area contributed by atoms with Crippen LogP contribution in [0.1, 0.15) is 60.8 Å². The van der Waals surface area contributed by atoms with Crippen LogP contribution in [0.25, 0.3) is 0 Å². The summed E-state index contributed by atoms with van der Waals surface area (Å²) in [6.07, 6.45) is 3.91. The van der Waals surface area contributed by atoms with E-state index in [-0.39, 0.29) is 0 Å². The molecule has 14 heavy (non-hydrogen) atoms. The van der Waals surface area contributed by atoms with Crippen molar-refractivity contribution < 1.29 is 0 Å². The molecule has 0 aliphatic rings. The van der Waals surface area contributed by atoms with Gasteiger partial charge >= 0.3 is 0 Å². The molecule has 0 fully saturated rings. The van der Waals surface area contributed by atoms with E-state index in [1.807, 2.05) is 0 Å². The molecule has 0 rings (SSSR count). The van der Waals surface area contributed by atoms with E-state index in [4.69, 9.17) is 0 Å². The summed E-state index contributed by atoms with van der Waals surface area (Å²) in [4.78, 5) is 0. The summed E-state index contributed by atoms with van der Waals surface area (Å²) < 4.78 is 0. The van der Waals surface area contributed by atoms with E-state index in [9.17, 15) is 0 Å². The summed E-state index contributed by atoms with van der Waals surface area (Å²) in [5.74, 6) is 1.62. The fourth-order valence-electron chi connectivity index (χ4n) is 1.63. The van der Waals surface area contributed by atoms with Crippen LogP contribution in [0.5, 0.6) is 0 Å². The quantitative estimate of drug-likeness (QED) is 0.657. The number of hydrogen-bond donors (Lipinski definition) is 1. The lowest BCUT2D eigenvalue weighted by Gasteiger charge is -2.25. The Labute approximate surface area is 90.7 Å². The molecule has 0 amide bonds. The molecule has 0 aliphatic heterocycles. The Bertz CT molecular complexity index is 131. The highest BCUT2D eigenvalue weighted by Crippen LogP contribution is 2.11. The van der Waals surface area contributed by atoms with E-state index in [2.05, 4.69) is 46.9 Å². The maximum Gasteiger partial charge on any atom is 0.00667 e. The van der Waals surface area contributed by atoms with Gasteiger partial charge in [-0.3, -0.25) is 0 Å². The molecule has 0 spiro atoms. The lowest BCUT2D eigenvalue weighted by atomic mass is 9.98. The maximum absolute atomic E-state index is 3.69. The van der Waals surface area contributed by atoms with Crippen molar-refractivity contribution in [1.29, 1.82) is 0 Å². The van der Waals surface area contributed by atoms with Gasteiger partial charge in [-0.15, -0.1) is 0 Å². The van der Waals surface area contributed by atoms with E-state index in [0.717, 1.165) is 11.8 Å². The van der Waals surface area contributed by atoms with Crippen LogP contribution >= 0.6 is 0 Å². The van der Waals surface area contributed by atoms with Gasteiger partial charge in [0, 0.05) is 12.1 Å². The molecule has 0 bridgehead atoms. The molecule has 0 heterocycles. The Morgan fingerprint density at radius 3 is 1.93 bits per heavy atom. The second-order valence-corrected chi connectivity index (χ2v) is 5.21. The fourth-order valence-corrected chi connectivity index (χ4v) is 1.63. The molecule has 0 saturated heterocycles. The number of hydrogen-bond acceptors (Lipinski definition) is 1. The Kier molecular flexibility index (Phi) is 7.26. The van der Waals surface area contributed by atoms with Crippen molar-refractivity contribution in [3.8, 4) is 0 Å². The van der Waals surface area contributed by atoms with Crippen molar-refractivity contribution in [3.63, 3.8) is 0 Å². The lowest BCUT2D eigenvalue weighted by Crippen LogP contribution is -2.38. The highest BCUT2D eigenvalue weighted by atomic mass is 14.9. The Morgan fingerprint density at radius 1 is 0.929 bits per heavy atom. The second-order valence-electron chi connectivity index (χ2n) is 5.21. The normalized spacial score (nSPS) is 18.2. The molecule has 1 N–H and O–H groups in total. The van der Waals surface area contributed by atoms with Crippen LogP contribution in [0.15, 0.2) is 0 Å². The predicted molar refractivity (Wildman–Crippen MR) is 65.6 cm³/mol. The largest absolute Gasteiger partial charge is 0.312 e. The molecule has 3 atom stereocenters. The van der Waals surface area contributed by atoms with Crippen molar-refractivity contribution in [1.82, 2.24) is 5.32 Å². The zero-order valence-corrected chi connectivity index (χ0v) is 10.9. The molecule has 3 unspecified atom stereocenters. The average Bonchev–Trinajstić information content (AvgIpc) is 2.13. The van der Waals surface area contributed by atoms with E-state index < -0.39 is 0 Å². The summed E-state index contributed by atoms with van der Waals surface area (Å²) in [5.41, 5.74) is 0. The first-order chi connectivity index (χ1) is 6.47. The smallest absolute Gasteiger partial charge is 0.00667 e. The molecular weight excluding hydrogens is 170 g/mol. The van der Waals surface area contributed by atoms with E-state index in [1.165, 1.54) is 19.3 Å². The van der Waals surface area contributed by atoms with Gasteiger partial charge in [0.15, 0.2) is 0 Å². The Balaban J connectivity index is 3.65. The van der Waals surface area contributed by atoms with Crippen molar-refractivity contribution in [2.45, 2.75) is 72.9 Å². The summed E-state index contributed by atoms with van der Waals surface area (Å²) in [6, 6.07) is 1.32. The zero-order chi connectivity index (χ0) is 11.1. The van der Waals surface area contributed by atoms with Gasteiger partial charge in [0.05, 0.1) is 0 Å². The SMILES string of the molecule is CCC(C)C(C)NC(C)CCC(C)C. The van der Waals surface area contributed by atoms with Crippen LogP contribution in [0.3, 0.4) is 0 Å². The Morgan fingerprint density at radius 2 is 1.50 bits per heavy atom. The molecule has 0 radical (unpaired) electrons. The molecule has 0 saturated carbocycles. The van der Waals surface area contributed by atoms with Crippen molar-refractivity contribution in [2.24, 2.45) is 11.8 Å². The Hall–Kier alpha value is -0.0400. The van der Waals surface area contributed by atoms with E-state index in [1.54, 1.807) is 0 Å². The molecule has 1 heteroatoms. The summed E-state index contributed by atoms with van der Waals surface area (Å²) in [7, 11) is 0. The van der Waals surface area contributed by atoms with Gasteiger partial charge in [0.2, 0.25) is 0 Å². The fraction of sp³-hybridized carbons (Fsp3) is 1.00. The van der Waals surface area contributed by atoms with Crippen LogP contribution in [0.2, 0.25) is 0 Å². The van der Waals surface area contributed by atoms with Gasteiger partial charge in [-0.1, -0.05) is 34.1 Å². The third-order valence-corrected chi connectivity index (χ3v) is 3.22. The highest BCUT2D eigenvalue weighted by molar-refractivity contribution is 4.72. The molecular formula is C13H29N. The summed E-state index contributed by atoms with van der Waals surface area (Å²) >= 11 is 0. The monoisotopic (exact) mass is 199 g/mol. The van der Waals surface area contributed by atoms with E-state index in [0.29, 0.717) is 12.1 Å². The number of nitrogens with one attached hydrogen (secondary N) is 1. The van der Waals surface area contributed by atoms with Crippen LogP contribution in [0.4, 0.5) is 0 Å². The lowest BCUT2D eigenvalue weighted by molar-refractivity contribution is 0.337. The van der Waals surface area contributed by atoms with Gasteiger partial charge in [0.25, 0.3) is 0 Å². The van der Waals surface area contributed by atoms with Crippen LogP contribution in [0, 0.1) is 11.8 Å². The highest BCUT2D eigenvalue weighted by Gasteiger charge is 2.12. The van der Waals surface area contributed by atoms with Crippen LogP contribution < -0.4 is 5.32 Å². The average molecular weight is 199 g/mol. The zero-order valence-electron chi connectivity index (χ0n) is 10.9. The van der Waals surface area contributed by atoms with Gasteiger partial charge in [-0.2, -0.15) is 0 Å². The van der Waals surface area contributed by atoms with Gasteiger partial charge in [0.1, 0.15) is 0 Å². The predicted octanol–water partition coefficient (Wildman–Crippen LogP) is 3.84. The standard InChI is InChI=1S/C13H29N/c1-7-11(4)13(6)14-12(5)9-8-10(2)3/h10-14H,7-9H2,1-6H3. The van der Waals surface area contributed by atoms with Crippen LogP contribution in [-0.2, 0) is 0 Å². The first kappa shape index (κ1) is 14.0. The molecule has 0 aromatic carbocycles. The van der Waals surface area contributed by atoms with Gasteiger partial charge in [-0.05, 0) is 38.5 Å². The first-order valence-corrected chi connectivity index (χ1v) is 6.23. The van der Waals surface area contributed by atoms with E-state index >= 15 is 0 Å². The van der Waals surface area contributed by atoms with Crippen molar-refractivity contribution in [2.75, 3.05) is 0 Å².